The summed E-state index contributed by atoms with van der Waals surface area (Å²) in [5, 5.41) is 0. The van der Waals surface area contributed by atoms with E-state index < -0.39 is 6.04 Å². The van der Waals surface area contributed by atoms with Crippen molar-refractivity contribution in [1.82, 2.24) is 4.90 Å². The van der Waals surface area contributed by atoms with Gasteiger partial charge < -0.3 is 14.4 Å². The molecule has 0 aliphatic rings. The van der Waals surface area contributed by atoms with Crippen LogP contribution in [0.5, 0.6) is 0 Å². The highest BCUT2D eigenvalue weighted by atomic mass is 16.5. The first-order valence-corrected chi connectivity index (χ1v) is 8.33. The van der Waals surface area contributed by atoms with Gasteiger partial charge in [0, 0.05) is 13.7 Å². The Kier molecular flexibility index (Phi) is 7.92. The zero-order chi connectivity index (χ0) is 18.3. The second-order valence-corrected chi connectivity index (χ2v) is 6.06. The van der Waals surface area contributed by atoms with Crippen molar-refractivity contribution in [3.63, 3.8) is 0 Å². The molecule has 0 unspecified atom stereocenters. The molecule has 0 bridgehead atoms. The average molecular weight is 335 g/mol. The standard InChI is InChI=1S/C19H29NO4/c1-7-24-19(22)16(5)20(8-9-23-6)18(21)12-17-14(3)10-13(2)11-15(17)4/h10-11,16H,7-9,12H2,1-6H3/t16-/m0/s1. The van der Waals surface area contributed by atoms with E-state index in [1.165, 1.54) is 5.56 Å². The van der Waals surface area contributed by atoms with Crippen LogP contribution >= 0.6 is 0 Å². The highest BCUT2D eigenvalue weighted by molar-refractivity contribution is 5.86. The first-order chi connectivity index (χ1) is 11.3. The number of esters is 1. The van der Waals surface area contributed by atoms with E-state index in [1.54, 1.807) is 25.9 Å². The number of ether oxygens (including phenoxy) is 2. The molecule has 0 heterocycles. The van der Waals surface area contributed by atoms with Crippen molar-refractivity contribution in [2.24, 2.45) is 0 Å². The summed E-state index contributed by atoms with van der Waals surface area (Å²) < 4.78 is 10.1. The summed E-state index contributed by atoms with van der Waals surface area (Å²) in [7, 11) is 1.58. The van der Waals surface area contributed by atoms with Crippen LogP contribution in [0.3, 0.4) is 0 Å². The Morgan fingerprint density at radius 2 is 1.75 bits per heavy atom. The van der Waals surface area contributed by atoms with E-state index in [0.717, 1.165) is 16.7 Å². The number of hydrogen-bond acceptors (Lipinski definition) is 4. The minimum Gasteiger partial charge on any atom is -0.464 e. The third-order valence-electron chi connectivity index (χ3n) is 4.12. The van der Waals surface area contributed by atoms with Gasteiger partial charge >= 0.3 is 5.97 Å². The number of hydrogen-bond donors (Lipinski definition) is 0. The maximum Gasteiger partial charge on any atom is 0.328 e. The fraction of sp³-hybridized carbons (Fsp3) is 0.579. The molecule has 1 atom stereocenters. The summed E-state index contributed by atoms with van der Waals surface area (Å²) in [6, 6.07) is 3.52. The third kappa shape index (κ3) is 5.34. The van der Waals surface area contributed by atoms with Crippen LogP contribution in [-0.4, -0.2) is 49.7 Å². The van der Waals surface area contributed by atoms with E-state index in [9.17, 15) is 9.59 Å². The van der Waals surface area contributed by atoms with Gasteiger partial charge in [-0.05, 0) is 51.3 Å². The molecular formula is C19H29NO4. The van der Waals surface area contributed by atoms with Gasteiger partial charge in [-0.1, -0.05) is 17.7 Å². The number of carbonyl (C=O) groups is 2. The van der Waals surface area contributed by atoms with Crippen molar-refractivity contribution < 1.29 is 19.1 Å². The monoisotopic (exact) mass is 335 g/mol. The fourth-order valence-electron chi connectivity index (χ4n) is 2.86. The lowest BCUT2D eigenvalue weighted by Crippen LogP contribution is -2.46. The number of rotatable bonds is 8. The Morgan fingerprint density at radius 1 is 1.17 bits per heavy atom. The van der Waals surface area contributed by atoms with Gasteiger partial charge in [-0.2, -0.15) is 0 Å². The van der Waals surface area contributed by atoms with E-state index in [2.05, 4.69) is 12.1 Å². The maximum atomic E-state index is 12.8. The predicted molar refractivity (Wildman–Crippen MR) is 94.0 cm³/mol. The van der Waals surface area contributed by atoms with Gasteiger partial charge in [0.15, 0.2) is 0 Å². The first-order valence-electron chi connectivity index (χ1n) is 8.33. The van der Waals surface area contributed by atoms with Crippen LogP contribution < -0.4 is 0 Å². The quantitative estimate of drug-likeness (QED) is 0.685. The molecule has 0 saturated carbocycles. The first kappa shape index (κ1) is 20.2. The molecule has 0 spiro atoms. The molecule has 5 heteroatoms. The van der Waals surface area contributed by atoms with Crippen LogP contribution in [0.2, 0.25) is 0 Å². The minimum atomic E-state index is -0.626. The lowest BCUT2D eigenvalue weighted by Gasteiger charge is -2.28. The number of benzene rings is 1. The molecule has 1 amide bonds. The number of carbonyl (C=O) groups excluding carboxylic acids is 2. The fourth-order valence-corrected chi connectivity index (χ4v) is 2.86. The number of nitrogens with zero attached hydrogens (tertiary/aromatic N) is 1. The minimum absolute atomic E-state index is 0.0948. The molecule has 24 heavy (non-hydrogen) atoms. The van der Waals surface area contributed by atoms with Gasteiger partial charge in [0.1, 0.15) is 6.04 Å². The molecule has 0 radical (unpaired) electrons. The van der Waals surface area contributed by atoms with Crippen LogP contribution in [0.25, 0.3) is 0 Å². The molecule has 5 nitrogen and oxygen atoms in total. The van der Waals surface area contributed by atoms with E-state index in [-0.39, 0.29) is 18.3 Å². The molecular weight excluding hydrogens is 306 g/mol. The molecule has 0 N–H and O–H groups in total. The lowest BCUT2D eigenvalue weighted by atomic mass is 9.96. The highest BCUT2D eigenvalue weighted by Gasteiger charge is 2.27. The van der Waals surface area contributed by atoms with E-state index in [0.29, 0.717) is 19.8 Å². The van der Waals surface area contributed by atoms with Crippen LogP contribution in [0, 0.1) is 20.8 Å². The summed E-state index contributed by atoms with van der Waals surface area (Å²) >= 11 is 0. The number of methoxy groups -OCH3 is 1. The van der Waals surface area contributed by atoms with Crippen molar-refractivity contribution >= 4 is 11.9 Å². The Bertz CT molecular complexity index is 560. The van der Waals surface area contributed by atoms with Gasteiger partial charge in [0.25, 0.3) is 0 Å². The topological polar surface area (TPSA) is 55.8 Å². The summed E-state index contributed by atoms with van der Waals surface area (Å²) in [6.07, 6.45) is 0.269. The van der Waals surface area contributed by atoms with Gasteiger partial charge in [-0.25, -0.2) is 4.79 Å². The van der Waals surface area contributed by atoms with Crippen LogP contribution in [-0.2, 0) is 25.5 Å². The van der Waals surface area contributed by atoms with Crippen molar-refractivity contribution in [3.05, 3.63) is 34.4 Å². The Morgan fingerprint density at radius 3 is 2.25 bits per heavy atom. The van der Waals surface area contributed by atoms with E-state index in [1.807, 2.05) is 20.8 Å². The number of aryl methyl sites for hydroxylation is 3. The molecule has 1 aromatic carbocycles. The van der Waals surface area contributed by atoms with Crippen molar-refractivity contribution in [3.8, 4) is 0 Å². The molecule has 1 rings (SSSR count). The SMILES string of the molecule is CCOC(=O)[C@H](C)N(CCOC)C(=O)Cc1c(C)cc(C)cc1C. The van der Waals surface area contributed by atoms with Crippen molar-refractivity contribution in [1.29, 1.82) is 0 Å². The van der Waals surface area contributed by atoms with Crippen molar-refractivity contribution in [2.45, 2.75) is 47.1 Å². The van der Waals surface area contributed by atoms with Gasteiger partial charge in [-0.3, -0.25) is 4.79 Å². The van der Waals surface area contributed by atoms with Gasteiger partial charge in [0.2, 0.25) is 5.91 Å². The molecule has 0 aliphatic carbocycles. The Hall–Kier alpha value is -1.88. The molecule has 0 saturated heterocycles. The van der Waals surface area contributed by atoms with Crippen LogP contribution in [0.1, 0.15) is 36.1 Å². The average Bonchev–Trinajstić information content (AvgIpc) is 2.51. The molecule has 1 aromatic rings. The second-order valence-electron chi connectivity index (χ2n) is 6.06. The Balaban J connectivity index is 2.98. The summed E-state index contributed by atoms with van der Waals surface area (Å²) in [4.78, 5) is 26.4. The van der Waals surface area contributed by atoms with Gasteiger partial charge in [0.05, 0.1) is 19.6 Å². The largest absolute Gasteiger partial charge is 0.464 e. The van der Waals surface area contributed by atoms with Gasteiger partial charge in [-0.15, -0.1) is 0 Å². The Labute approximate surface area is 144 Å². The normalized spacial score (nSPS) is 11.9. The van der Waals surface area contributed by atoms with E-state index >= 15 is 0 Å². The lowest BCUT2D eigenvalue weighted by molar-refractivity contribution is -0.154. The molecule has 134 valence electrons. The zero-order valence-corrected chi connectivity index (χ0v) is 15.6. The summed E-state index contributed by atoms with van der Waals surface area (Å²) in [6.45, 7) is 10.5. The summed E-state index contributed by atoms with van der Waals surface area (Å²) in [5.41, 5.74) is 4.38. The molecule has 0 aromatic heterocycles. The maximum absolute atomic E-state index is 12.8. The van der Waals surface area contributed by atoms with Crippen LogP contribution in [0.4, 0.5) is 0 Å². The predicted octanol–water partition coefficient (Wildman–Crippen LogP) is 2.58. The molecule has 0 fully saturated rings. The number of amides is 1. The third-order valence-corrected chi connectivity index (χ3v) is 4.12. The highest BCUT2D eigenvalue weighted by Crippen LogP contribution is 2.18. The van der Waals surface area contributed by atoms with Crippen LogP contribution in [0.15, 0.2) is 12.1 Å². The zero-order valence-electron chi connectivity index (χ0n) is 15.6. The smallest absolute Gasteiger partial charge is 0.328 e. The second kappa shape index (κ2) is 9.42. The van der Waals surface area contributed by atoms with E-state index in [4.69, 9.17) is 9.47 Å². The van der Waals surface area contributed by atoms with Crippen molar-refractivity contribution in [2.75, 3.05) is 26.9 Å². The molecule has 0 aliphatic heterocycles. The summed E-state index contributed by atoms with van der Waals surface area (Å²) in [5.74, 6) is -0.484.